The number of H-pyrrole nitrogens is 1. The molecule has 2 saturated heterocycles. The van der Waals surface area contributed by atoms with E-state index < -0.39 is 15.6 Å². The molecule has 2 aromatic carbocycles. The van der Waals surface area contributed by atoms with Crippen LogP contribution in [0.4, 0.5) is 5.69 Å². The fourth-order valence-electron chi connectivity index (χ4n) is 4.44. The molecule has 3 heterocycles. The molecule has 0 bridgehead atoms. The second-order valence-electron chi connectivity index (χ2n) is 7.97. The van der Waals surface area contributed by atoms with Gasteiger partial charge in [0.1, 0.15) is 5.75 Å². The summed E-state index contributed by atoms with van der Waals surface area (Å²) in [5.41, 5.74) is 1.48. The fourth-order valence-corrected chi connectivity index (χ4v) is 6.03. The molecular formula is C23H24ClN2O5S+. The van der Waals surface area contributed by atoms with Crippen LogP contribution in [0.1, 0.15) is 12.8 Å². The van der Waals surface area contributed by atoms with Gasteiger partial charge in [-0.15, -0.1) is 0 Å². The molecule has 0 atom stereocenters. The van der Waals surface area contributed by atoms with E-state index in [9.17, 15) is 8.42 Å². The highest BCUT2D eigenvalue weighted by atomic mass is 35.5. The van der Waals surface area contributed by atoms with Gasteiger partial charge in [0.15, 0.2) is 16.9 Å². The molecule has 0 radical (unpaired) electrons. The van der Waals surface area contributed by atoms with Crippen molar-refractivity contribution in [3.63, 3.8) is 0 Å². The standard InChI is InChI=1S/C23H23ClN2O5S/c1-29-17-4-7-20-19(14-17)22(26-10-8-23(9-11-26)30-12-13-31-23)21(15-25-20)32(27,28)18-5-2-16(24)3-6-18/h2-7,14-15H,8-13H2,1H3/p+1. The Balaban J connectivity index is 1.65. The summed E-state index contributed by atoms with van der Waals surface area (Å²) in [6.07, 6.45) is 2.90. The van der Waals surface area contributed by atoms with Crippen LogP contribution >= 0.6 is 11.6 Å². The average Bonchev–Trinajstić information content (AvgIpc) is 3.26. The number of anilines is 1. The third-order valence-corrected chi connectivity index (χ3v) is 8.18. The highest BCUT2D eigenvalue weighted by molar-refractivity contribution is 7.91. The molecule has 5 rings (SSSR count). The third kappa shape index (κ3) is 3.71. The van der Waals surface area contributed by atoms with E-state index >= 15 is 0 Å². The Kier molecular flexibility index (Phi) is 5.49. The first kappa shape index (κ1) is 21.5. The van der Waals surface area contributed by atoms with Crippen LogP contribution in [-0.2, 0) is 19.3 Å². The van der Waals surface area contributed by atoms with Crippen LogP contribution in [0, 0.1) is 0 Å². The van der Waals surface area contributed by atoms with Crippen molar-refractivity contribution < 1.29 is 27.6 Å². The van der Waals surface area contributed by atoms with E-state index in [0.29, 0.717) is 55.6 Å². The third-order valence-electron chi connectivity index (χ3n) is 6.14. The van der Waals surface area contributed by atoms with Crippen molar-refractivity contribution in [1.82, 2.24) is 0 Å². The number of rotatable bonds is 4. The monoisotopic (exact) mass is 475 g/mol. The van der Waals surface area contributed by atoms with Crippen molar-refractivity contribution in [3.8, 4) is 5.75 Å². The Hall–Kier alpha value is -2.39. The number of benzene rings is 2. The molecule has 2 aliphatic rings. The van der Waals surface area contributed by atoms with Gasteiger partial charge in [-0.1, -0.05) is 11.6 Å². The highest BCUT2D eigenvalue weighted by Crippen LogP contribution is 2.40. The minimum absolute atomic E-state index is 0.190. The lowest BCUT2D eigenvalue weighted by molar-refractivity contribution is -0.347. The Labute approximate surface area is 191 Å². The lowest BCUT2D eigenvalue weighted by Crippen LogP contribution is -2.45. The van der Waals surface area contributed by atoms with Crippen LogP contribution in [0.3, 0.4) is 0 Å². The minimum Gasteiger partial charge on any atom is -0.497 e. The van der Waals surface area contributed by atoms with Gasteiger partial charge < -0.3 is 19.1 Å². The number of aromatic nitrogens is 1. The van der Waals surface area contributed by atoms with Gasteiger partial charge in [-0.05, 0) is 36.4 Å². The molecule has 0 amide bonds. The van der Waals surface area contributed by atoms with Crippen molar-refractivity contribution in [1.29, 1.82) is 0 Å². The number of ether oxygens (including phenoxy) is 3. The predicted molar refractivity (Wildman–Crippen MR) is 120 cm³/mol. The molecule has 1 spiro atoms. The Morgan fingerprint density at radius 3 is 2.41 bits per heavy atom. The molecule has 9 heteroatoms. The van der Waals surface area contributed by atoms with E-state index in [1.54, 1.807) is 25.4 Å². The number of fused-ring (bicyclic) bond motifs is 1. The maximum atomic E-state index is 13.7. The molecule has 3 aromatic rings. The van der Waals surface area contributed by atoms with Crippen LogP contribution in [0.15, 0.2) is 58.5 Å². The van der Waals surface area contributed by atoms with Gasteiger partial charge in [0.25, 0.3) is 0 Å². The zero-order valence-corrected chi connectivity index (χ0v) is 19.2. The number of methoxy groups -OCH3 is 1. The van der Waals surface area contributed by atoms with Crippen molar-refractivity contribution in [3.05, 3.63) is 53.7 Å². The first-order valence-electron chi connectivity index (χ1n) is 10.5. The van der Waals surface area contributed by atoms with Crippen LogP contribution in [0.5, 0.6) is 5.75 Å². The molecule has 168 valence electrons. The molecular weight excluding hydrogens is 452 g/mol. The van der Waals surface area contributed by atoms with E-state index in [-0.39, 0.29) is 9.79 Å². The second kappa shape index (κ2) is 8.19. The maximum Gasteiger partial charge on any atom is 0.214 e. The van der Waals surface area contributed by atoms with E-state index in [2.05, 4.69) is 9.88 Å². The average molecular weight is 476 g/mol. The van der Waals surface area contributed by atoms with Crippen LogP contribution in [-0.4, -0.2) is 47.6 Å². The van der Waals surface area contributed by atoms with Crippen molar-refractivity contribution in [2.45, 2.75) is 28.4 Å². The zero-order chi connectivity index (χ0) is 22.3. The number of hydrogen-bond acceptors (Lipinski definition) is 6. The predicted octanol–water partition coefficient (Wildman–Crippen LogP) is 3.49. The van der Waals surface area contributed by atoms with Crippen molar-refractivity contribution in [2.24, 2.45) is 0 Å². The molecule has 32 heavy (non-hydrogen) atoms. The Morgan fingerprint density at radius 1 is 1.06 bits per heavy atom. The molecule has 2 aliphatic heterocycles. The number of halogens is 1. The number of pyridine rings is 1. The van der Waals surface area contributed by atoms with E-state index in [1.165, 1.54) is 12.1 Å². The molecule has 1 aromatic heterocycles. The summed E-state index contributed by atoms with van der Waals surface area (Å²) in [5.74, 6) is 0.101. The van der Waals surface area contributed by atoms with E-state index in [0.717, 1.165) is 10.9 Å². The number of hydrogen-bond donors (Lipinski definition) is 0. The first-order chi connectivity index (χ1) is 15.4. The van der Waals surface area contributed by atoms with Gasteiger partial charge in [-0.2, -0.15) is 0 Å². The minimum atomic E-state index is -3.81. The Morgan fingerprint density at radius 2 is 1.75 bits per heavy atom. The summed E-state index contributed by atoms with van der Waals surface area (Å²) in [7, 11) is -2.21. The number of nitrogens with one attached hydrogen (secondary N) is 1. The normalized spacial score (nSPS) is 18.4. The lowest BCUT2D eigenvalue weighted by Gasteiger charge is -2.39. The summed E-state index contributed by atoms with van der Waals surface area (Å²) in [6, 6.07) is 11.8. The van der Waals surface area contributed by atoms with Crippen molar-refractivity contribution in [2.75, 3.05) is 38.3 Å². The largest absolute Gasteiger partial charge is 0.497 e. The molecule has 1 N–H and O–H groups in total. The molecule has 0 unspecified atom stereocenters. The van der Waals surface area contributed by atoms with Crippen molar-refractivity contribution >= 4 is 38.0 Å². The summed E-state index contributed by atoms with van der Waals surface area (Å²) in [4.78, 5) is 5.66. The smallest absolute Gasteiger partial charge is 0.214 e. The van der Waals surface area contributed by atoms with E-state index in [1.807, 2.05) is 18.2 Å². The van der Waals surface area contributed by atoms with Gasteiger partial charge >= 0.3 is 0 Å². The number of sulfone groups is 1. The summed E-state index contributed by atoms with van der Waals surface area (Å²) < 4.78 is 44.5. The first-order valence-corrected chi connectivity index (χ1v) is 12.3. The SMILES string of the molecule is COc1ccc2[nH+]cc(S(=O)(=O)c3ccc(Cl)cc3)c(N3CCC4(CC3)OCCO4)c2c1. The van der Waals surface area contributed by atoms with Crippen LogP contribution in [0.2, 0.25) is 5.02 Å². The number of piperidine rings is 1. The fraction of sp³-hybridized carbons (Fsp3) is 0.348. The zero-order valence-electron chi connectivity index (χ0n) is 17.6. The number of aromatic amines is 1. The topological polar surface area (TPSA) is 79.2 Å². The summed E-state index contributed by atoms with van der Waals surface area (Å²) in [5, 5.41) is 1.26. The molecule has 2 fully saturated rings. The van der Waals surface area contributed by atoms with Gasteiger partial charge in [0, 0.05) is 37.0 Å². The lowest BCUT2D eigenvalue weighted by atomic mass is 10.0. The summed E-state index contributed by atoms with van der Waals surface area (Å²) in [6.45, 7) is 2.41. The molecule has 0 aliphatic carbocycles. The second-order valence-corrected chi connectivity index (χ2v) is 10.3. The molecule has 7 nitrogen and oxygen atoms in total. The van der Waals surface area contributed by atoms with Gasteiger partial charge in [-0.25, -0.2) is 13.4 Å². The summed E-state index contributed by atoms with van der Waals surface area (Å²) >= 11 is 5.98. The van der Waals surface area contributed by atoms with Gasteiger partial charge in [0.05, 0.1) is 36.3 Å². The van der Waals surface area contributed by atoms with Gasteiger partial charge in [-0.3, -0.25) is 0 Å². The van der Waals surface area contributed by atoms with Crippen LogP contribution in [0.25, 0.3) is 10.9 Å². The van der Waals surface area contributed by atoms with Crippen LogP contribution < -0.4 is 14.6 Å². The molecule has 0 saturated carbocycles. The quantitative estimate of drug-likeness (QED) is 0.574. The Bertz CT molecular complexity index is 1250. The van der Waals surface area contributed by atoms with Gasteiger partial charge in [0.2, 0.25) is 15.4 Å². The van der Waals surface area contributed by atoms with E-state index in [4.69, 9.17) is 25.8 Å². The maximum absolute atomic E-state index is 13.7. The number of nitrogens with zero attached hydrogens (tertiary/aromatic N) is 1. The highest BCUT2D eigenvalue weighted by Gasteiger charge is 2.41.